The first-order chi connectivity index (χ1) is 27.4. The van der Waals surface area contributed by atoms with Crippen molar-refractivity contribution >= 4 is 77.6 Å². The molecular formula is C45H51BINO7SSi. The van der Waals surface area contributed by atoms with Crippen molar-refractivity contribution in [3.05, 3.63) is 121 Å². The number of imide groups is 1. The number of phenols is 1. The summed E-state index contributed by atoms with van der Waals surface area (Å²) in [4.78, 5) is 31.1. The third kappa shape index (κ3) is 8.23. The van der Waals surface area contributed by atoms with Crippen LogP contribution in [0.5, 0.6) is 11.5 Å². The second-order valence-electron chi connectivity index (χ2n) is 16.4. The molecule has 2 amide bonds. The molecule has 7 rings (SSSR count). The van der Waals surface area contributed by atoms with Crippen LogP contribution >= 0.6 is 33.9 Å². The van der Waals surface area contributed by atoms with Gasteiger partial charge in [-0.3, -0.25) is 14.5 Å². The van der Waals surface area contributed by atoms with Crippen molar-refractivity contribution in [2.24, 2.45) is 17.8 Å². The number of carbonyl (C=O) groups excluding carboxylic acids is 2. The third-order valence-corrected chi connectivity index (χ3v) is 18.7. The molecule has 0 bridgehead atoms. The Labute approximate surface area is 355 Å². The van der Waals surface area contributed by atoms with Crippen LogP contribution in [-0.4, -0.2) is 62.1 Å². The molecule has 1 aromatic heterocycles. The molecule has 1 aliphatic carbocycles. The average molecular weight is 916 g/mol. The van der Waals surface area contributed by atoms with Crippen LogP contribution in [0.25, 0.3) is 6.08 Å². The van der Waals surface area contributed by atoms with Crippen LogP contribution in [0.1, 0.15) is 63.8 Å². The zero-order valence-electron chi connectivity index (χ0n) is 33.2. The predicted octanol–water partition coefficient (Wildman–Crippen LogP) is 8.21. The molecule has 0 saturated carbocycles. The van der Waals surface area contributed by atoms with Crippen LogP contribution < -0.4 is 15.1 Å². The quantitative estimate of drug-likeness (QED) is 0.0604. The molecule has 2 saturated heterocycles. The first kappa shape index (κ1) is 41.6. The van der Waals surface area contributed by atoms with Crippen molar-refractivity contribution in [1.82, 2.24) is 4.90 Å². The van der Waals surface area contributed by atoms with Crippen molar-refractivity contribution in [1.29, 1.82) is 0 Å². The Kier molecular flexibility index (Phi) is 12.7. The summed E-state index contributed by atoms with van der Waals surface area (Å²) in [7, 11) is -2.50. The van der Waals surface area contributed by atoms with Gasteiger partial charge in [0, 0.05) is 4.88 Å². The fraction of sp³-hybridized carbons (Fsp3) is 0.378. The van der Waals surface area contributed by atoms with Gasteiger partial charge in [-0.15, -0.1) is 11.3 Å². The predicted molar refractivity (Wildman–Crippen MR) is 238 cm³/mol. The van der Waals surface area contributed by atoms with E-state index in [9.17, 15) is 19.7 Å². The van der Waals surface area contributed by atoms with Crippen molar-refractivity contribution in [3.8, 4) is 11.5 Å². The highest BCUT2D eigenvalue weighted by atomic mass is 127. The number of hydrogen-bond acceptors (Lipinski definition) is 8. The van der Waals surface area contributed by atoms with Gasteiger partial charge < -0.3 is 23.9 Å². The Morgan fingerprint density at radius 2 is 1.70 bits per heavy atom. The van der Waals surface area contributed by atoms with Gasteiger partial charge >= 0.3 is 7.12 Å². The van der Waals surface area contributed by atoms with Gasteiger partial charge in [-0.1, -0.05) is 106 Å². The zero-order valence-corrected chi connectivity index (χ0v) is 37.2. The van der Waals surface area contributed by atoms with Crippen molar-refractivity contribution in [2.75, 3.05) is 13.7 Å². The summed E-state index contributed by atoms with van der Waals surface area (Å²) in [6.45, 7) is 9.42. The van der Waals surface area contributed by atoms with Crippen LogP contribution in [0, 0.1) is 21.3 Å². The molecule has 2 N–H and O–H groups in total. The highest BCUT2D eigenvalue weighted by molar-refractivity contribution is 14.1. The summed E-state index contributed by atoms with van der Waals surface area (Å²) in [6, 6.07) is 28.7. The molecule has 298 valence electrons. The van der Waals surface area contributed by atoms with Gasteiger partial charge in [0.2, 0.25) is 11.8 Å². The van der Waals surface area contributed by atoms with Gasteiger partial charge in [0.15, 0.2) is 11.5 Å². The van der Waals surface area contributed by atoms with E-state index in [1.807, 2.05) is 41.8 Å². The number of hydrogen-bond donors (Lipinski definition) is 2. The van der Waals surface area contributed by atoms with Gasteiger partial charge in [0.25, 0.3) is 8.32 Å². The maximum atomic E-state index is 14.4. The number of fused-ring (bicyclic) bond motifs is 3. The Bertz CT molecular complexity index is 2100. The number of allylic oxidation sites excluding steroid dienone is 1. The number of nitrogens with zero attached hydrogens (tertiary/aromatic N) is 1. The van der Waals surface area contributed by atoms with E-state index in [1.165, 1.54) is 32.2 Å². The highest BCUT2D eigenvalue weighted by Crippen LogP contribution is 2.51. The Morgan fingerprint density at radius 3 is 2.30 bits per heavy atom. The lowest BCUT2D eigenvalue weighted by molar-refractivity contribution is -0.140. The molecule has 2 fully saturated rings. The van der Waals surface area contributed by atoms with E-state index in [1.54, 1.807) is 7.11 Å². The molecule has 4 atom stereocenters. The molecule has 3 aromatic carbocycles. The number of phenolic OH excluding ortho intramolecular Hbond substituents is 1. The molecule has 0 unspecified atom stereocenters. The number of thiophene rings is 1. The Morgan fingerprint density at radius 1 is 1.02 bits per heavy atom. The first-order valence-electron chi connectivity index (χ1n) is 19.8. The fourth-order valence-electron chi connectivity index (χ4n) is 9.37. The largest absolute Gasteiger partial charge is 0.504 e. The van der Waals surface area contributed by atoms with Gasteiger partial charge in [-0.05, 0) is 116 Å². The second-order valence-corrected chi connectivity index (χ2v) is 22.9. The normalized spacial score (nSPS) is 21.6. The molecule has 12 heteroatoms. The van der Waals surface area contributed by atoms with E-state index in [4.69, 9.17) is 13.8 Å². The Hall–Kier alpha value is -3.53. The lowest BCUT2D eigenvalue weighted by atomic mass is 9.58. The van der Waals surface area contributed by atoms with Crippen LogP contribution in [-0.2, 0) is 25.2 Å². The summed E-state index contributed by atoms with van der Waals surface area (Å²) in [5.41, 5.74) is 4.11. The van der Waals surface area contributed by atoms with Crippen LogP contribution in [0.15, 0.2) is 107 Å². The second kappa shape index (κ2) is 17.4. The monoisotopic (exact) mass is 915 g/mol. The highest BCUT2D eigenvalue weighted by Gasteiger charge is 2.58. The maximum absolute atomic E-state index is 14.4. The zero-order chi connectivity index (χ0) is 40.5. The number of benzene rings is 3. The lowest BCUT2D eigenvalue weighted by Crippen LogP contribution is -2.66. The summed E-state index contributed by atoms with van der Waals surface area (Å²) < 4.78 is 20.1. The fourth-order valence-corrected chi connectivity index (χ4v) is 15.2. The van der Waals surface area contributed by atoms with Gasteiger partial charge in [0.1, 0.15) is 0 Å². The van der Waals surface area contributed by atoms with Gasteiger partial charge in [-0.25, -0.2) is 0 Å². The molecule has 0 spiro atoms. The van der Waals surface area contributed by atoms with Gasteiger partial charge in [0.05, 0.1) is 41.8 Å². The molecule has 4 aromatic rings. The molecule has 3 aliphatic rings. The number of methoxy groups -OCH3 is 1. The average Bonchev–Trinajstić information content (AvgIpc) is 3.80. The van der Waals surface area contributed by atoms with E-state index >= 15 is 0 Å². The first-order valence-corrected chi connectivity index (χ1v) is 23.7. The van der Waals surface area contributed by atoms with Crippen molar-refractivity contribution in [2.45, 2.75) is 77.4 Å². The van der Waals surface area contributed by atoms with Crippen molar-refractivity contribution < 1.29 is 33.5 Å². The summed E-state index contributed by atoms with van der Waals surface area (Å²) >= 11 is 3.65. The minimum absolute atomic E-state index is 0.119. The topological polar surface area (TPSA) is 106 Å². The number of ether oxygens (including phenoxy) is 1. The number of halogens is 1. The van der Waals surface area contributed by atoms with E-state index in [0.29, 0.717) is 28.6 Å². The number of rotatable bonds is 13. The molecule has 3 heterocycles. The molecule has 57 heavy (non-hydrogen) atoms. The number of carbonyl (C=O) groups is 2. The summed E-state index contributed by atoms with van der Waals surface area (Å²) in [5, 5.41) is 25.8. The minimum atomic E-state index is -2.97. The molecule has 0 radical (unpaired) electrons. The summed E-state index contributed by atoms with van der Waals surface area (Å²) in [5.74, 6) is -1.24. The maximum Gasteiger partial charge on any atom is 0.455 e. The van der Waals surface area contributed by atoms with Crippen molar-refractivity contribution in [3.63, 3.8) is 0 Å². The minimum Gasteiger partial charge on any atom is -0.504 e. The standard InChI is InChI=1S/C45H51BINO7SSi/c1-6-29(22-30-23-37(47)42(49)39(24-30)53-5)19-20-38-40-31(28-54-57(45(2,3)4,33-15-9-7-10-16-33)34-17-11-8-12-18-34)25-35-41(36(40)26-46(52)55-38)44(51)48(43(35)50)27-32-14-13-21-56-32/h7-18,21-24,35-36,38,41,49,52H,6,19-20,25-28H2,1-5H3/b29-22+/t35-,36+,38-,41-/m1/s1. The third-order valence-electron chi connectivity index (χ3n) is 12.0. The van der Waals surface area contributed by atoms with E-state index < -0.39 is 33.4 Å². The van der Waals surface area contributed by atoms with Crippen LogP contribution in [0.4, 0.5) is 0 Å². The number of amides is 2. The Balaban J connectivity index is 1.29. The van der Waals surface area contributed by atoms with E-state index in [2.05, 4.69) is 105 Å². The SMILES string of the molecule is CC/C(=C\c1cc(I)c(O)c(OC)c1)CC[C@H]1OB(O)C[C@H]2C1=C(CO[Si](c1ccccc1)(c1ccccc1)C(C)(C)C)C[C@H]1C(=O)N(Cc3cccs3)C(=O)[C@H]12. The summed E-state index contributed by atoms with van der Waals surface area (Å²) in [6.07, 6.45) is 4.34. The number of likely N-dealkylation sites (tertiary alicyclic amines) is 1. The van der Waals surface area contributed by atoms with E-state index in [-0.39, 0.29) is 48.0 Å². The van der Waals surface area contributed by atoms with Crippen LogP contribution in [0.2, 0.25) is 11.4 Å². The molecule has 2 aliphatic heterocycles. The van der Waals surface area contributed by atoms with Crippen LogP contribution in [0.3, 0.4) is 0 Å². The molecular weight excluding hydrogens is 864 g/mol. The van der Waals surface area contributed by atoms with E-state index in [0.717, 1.165) is 28.0 Å². The lowest BCUT2D eigenvalue weighted by Gasteiger charge is -2.46. The number of aromatic hydroxyl groups is 1. The molecule has 8 nitrogen and oxygen atoms in total. The van der Waals surface area contributed by atoms with Gasteiger partial charge in [-0.2, -0.15) is 0 Å². The smallest absolute Gasteiger partial charge is 0.455 e.